The van der Waals surface area contributed by atoms with Gasteiger partial charge in [-0.1, -0.05) is 19.1 Å². The second-order valence-electron chi connectivity index (χ2n) is 4.79. The minimum atomic E-state index is 0.222. The van der Waals surface area contributed by atoms with Gasteiger partial charge >= 0.3 is 0 Å². The molecule has 1 atom stereocenters. The number of pyridine rings is 1. The minimum Gasteiger partial charge on any atom is -0.497 e. The van der Waals surface area contributed by atoms with E-state index in [2.05, 4.69) is 24.1 Å². The SMILES string of the molecule is CCNC(C)c1ccc(OC)cc1OCc1ccccn1. The highest BCUT2D eigenvalue weighted by atomic mass is 16.5. The van der Waals surface area contributed by atoms with Crippen LogP contribution in [0.5, 0.6) is 11.5 Å². The number of benzene rings is 1. The van der Waals surface area contributed by atoms with E-state index < -0.39 is 0 Å². The highest BCUT2D eigenvalue weighted by molar-refractivity contribution is 5.42. The maximum Gasteiger partial charge on any atom is 0.130 e. The molecule has 112 valence electrons. The quantitative estimate of drug-likeness (QED) is 0.847. The third-order valence-electron chi connectivity index (χ3n) is 3.30. The van der Waals surface area contributed by atoms with Crippen LogP contribution < -0.4 is 14.8 Å². The average molecular weight is 286 g/mol. The van der Waals surface area contributed by atoms with E-state index in [4.69, 9.17) is 9.47 Å². The molecule has 1 heterocycles. The van der Waals surface area contributed by atoms with E-state index in [0.29, 0.717) is 6.61 Å². The number of methoxy groups -OCH3 is 1. The van der Waals surface area contributed by atoms with Crippen molar-refractivity contribution in [2.45, 2.75) is 26.5 Å². The first-order chi connectivity index (χ1) is 10.2. The molecular weight excluding hydrogens is 264 g/mol. The molecule has 0 radical (unpaired) electrons. The Labute approximate surface area is 126 Å². The van der Waals surface area contributed by atoms with Crippen molar-refractivity contribution in [1.29, 1.82) is 0 Å². The number of nitrogens with zero attached hydrogens (tertiary/aromatic N) is 1. The van der Waals surface area contributed by atoms with Crippen molar-refractivity contribution in [1.82, 2.24) is 10.3 Å². The minimum absolute atomic E-state index is 0.222. The van der Waals surface area contributed by atoms with Crippen molar-refractivity contribution < 1.29 is 9.47 Å². The van der Waals surface area contributed by atoms with Gasteiger partial charge in [-0.2, -0.15) is 0 Å². The summed E-state index contributed by atoms with van der Waals surface area (Å²) < 4.78 is 11.2. The number of hydrogen-bond acceptors (Lipinski definition) is 4. The second kappa shape index (κ2) is 7.64. The van der Waals surface area contributed by atoms with Crippen molar-refractivity contribution in [2.24, 2.45) is 0 Å². The number of rotatable bonds is 7. The van der Waals surface area contributed by atoms with Gasteiger partial charge in [0, 0.05) is 23.9 Å². The Morgan fingerprint density at radius 1 is 1.24 bits per heavy atom. The van der Waals surface area contributed by atoms with E-state index >= 15 is 0 Å². The van der Waals surface area contributed by atoms with Crippen LogP contribution in [0.15, 0.2) is 42.6 Å². The average Bonchev–Trinajstić information content (AvgIpc) is 2.53. The van der Waals surface area contributed by atoms with Crippen LogP contribution >= 0.6 is 0 Å². The van der Waals surface area contributed by atoms with Gasteiger partial charge < -0.3 is 14.8 Å². The molecule has 0 amide bonds. The van der Waals surface area contributed by atoms with E-state index in [1.54, 1.807) is 13.3 Å². The van der Waals surface area contributed by atoms with Crippen LogP contribution in [0.25, 0.3) is 0 Å². The third-order valence-corrected chi connectivity index (χ3v) is 3.30. The molecule has 0 fully saturated rings. The van der Waals surface area contributed by atoms with Gasteiger partial charge in [0.15, 0.2) is 0 Å². The van der Waals surface area contributed by atoms with Crippen molar-refractivity contribution in [3.05, 3.63) is 53.9 Å². The monoisotopic (exact) mass is 286 g/mol. The van der Waals surface area contributed by atoms with Gasteiger partial charge in [-0.3, -0.25) is 4.98 Å². The lowest BCUT2D eigenvalue weighted by Crippen LogP contribution is -2.18. The number of nitrogens with one attached hydrogen (secondary N) is 1. The zero-order valence-corrected chi connectivity index (χ0v) is 12.8. The standard InChI is InChI=1S/C17H22N2O2/c1-4-18-13(2)16-9-8-15(20-3)11-17(16)21-12-14-7-5-6-10-19-14/h5-11,13,18H,4,12H2,1-3H3. The molecule has 1 N–H and O–H groups in total. The molecule has 0 aliphatic rings. The van der Waals surface area contributed by atoms with Crippen molar-refractivity contribution >= 4 is 0 Å². The third kappa shape index (κ3) is 4.20. The highest BCUT2D eigenvalue weighted by Crippen LogP contribution is 2.30. The Balaban J connectivity index is 2.18. The molecule has 0 aliphatic carbocycles. The molecule has 4 nitrogen and oxygen atoms in total. The fourth-order valence-electron chi connectivity index (χ4n) is 2.18. The van der Waals surface area contributed by atoms with Gasteiger partial charge in [-0.25, -0.2) is 0 Å². The zero-order chi connectivity index (χ0) is 15.1. The Morgan fingerprint density at radius 2 is 2.10 bits per heavy atom. The van der Waals surface area contributed by atoms with E-state index in [1.807, 2.05) is 36.4 Å². The lowest BCUT2D eigenvalue weighted by atomic mass is 10.1. The smallest absolute Gasteiger partial charge is 0.130 e. The molecule has 0 spiro atoms. The Morgan fingerprint density at radius 3 is 2.76 bits per heavy atom. The summed E-state index contributed by atoms with van der Waals surface area (Å²) in [6.07, 6.45) is 1.77. The summed E-state index contributed by atoms with van der Waals surface area (Å²) in [6, 6.07) is 11.9. The fourth-order valence-corrected chi connectivity index (χ4v) is 2.18. The summed E-state index contributed by atoms with van der Waals surface area (Å²) in [4.78, 5) is 4.28. The summed E-state index contributed by atoms with van der Waals surface area (Å²) in [6.45, 7) is 5.57. The van der Waals surface area contributed by atoms with Gasteiger partial charge in [0.1, 0.15) is 18.1 Å². The van der Waals surface area contributed by atoms with Crippen LogP contribution in [0.2, 0.25) is 0 Å². The summed E-state index contributed by atoms with van der Waals surface area (Å²) in [5.41, 5.74) is 2.02. The first kappa shape index (κ1) is 15.3. The van der Waals surface area contributed by atoms with Gasteiger partial charge in [0.25, 0.3) is 0 Å². The zero-order valence-electron chi connectivity index (χ0n) is 12.8. The van der Waals surface area contributed by atoms with Crippen molar-refractivity contribution in [2.75, 3.05) is 13.7 Å². The Hall–Kier alpha value is -2.07. The van der Waals surface area contributed by atoms with Crippen LogP contribution in [0.4, 0.5) is 0 Å². The molecule has 21 heavy (non-hydrogen) atoms. The summed E-state index contributed by atoms with van der Waals surface area (Å²) >= 11 is 0. The maximum absolute atomic E-state index is 5.95. The van der Waals surface area contributed by atoms with Crippen LogP contribution in [0.1, 0.15) is 31.1 Å². The topological polar surface area (TPSA) is 43.4 Å². The lowest BCUT2D eigenvalue weighted by Gasteiger charge is -2.18. The van der Waals surface area contributed by atoms with Crippen molar-refractivity contribution in [3.63, 3.8) is 0 Å². The summed E-state index contributed by atoms with van der Waals surface area (Å²) in [7, 11) is 1.66. The molecule has 1 aromatic heterocycles. The molecule has 0 saturated heterocycles. The number of aromatic nitrogens is 1. The molecule has 0 aliphatic heterocycles. The second-order valence-corrected chi connectivity index (χ2v) is 4.79. The Bertz CT molecular complexity index is 558. The van der Waals surface area contributed by atoms with E-state index in [0.717, 1.165) is 29.3 Å². The fraction of sp³-hybridized carbons (Fsp3) is 0.353. The molecule has 1 unspecified atom stereocenters. The van der Waals surface area contributed by atoms with Gasteiger partial charge in [-0.05, 0) is 31.7 Å². The van der Waals surface area contributed by atoms with Gasteiger partial charge in [0.2, 0.25) is 0 Å². The van der Waals surface area contributed by atoms with Gasteiger partial charge in [-0.15, -0.1) is 0 Å². The normalized spacial score (nSPS) is 12.0. The first-order valence-electron chi connectivity index (χ1n) is 7.18. The van der Waals surface area contributed by atoms with Gasteiger partial charge in [0.05, 0.1) is 12.8 Å². The molecule has 0 saturated carbocycles. The molecular formula is C17H22N2O2. The lowest BCUT2D eigenvalue weighted by molar-refractivity contribution is 0.293. The number of hydrogen-bond donors (Lipinski definition) is 1. The molecule has 2 rings (SSSR count). The largest absolute Gasteiger partial charge is 0.497 e. The molecule has 4 heteroatoms. The van der Waals surface area contributed by atoms with E-state index in [9.17, 15) is 0 Å². The molecule has 1 aromatic carbocycles. The molecule has 2 aromatic rings. The first-order valence-corrected chi connectivity index (χ1v) is 7.18. The summed E-state index contributed by atoms with van der Waals surface area (Å²) in [5.74, 6) is 1.62. The van der Waals surface area contributed by atoms with Crippen LogP contribution in [-0.4, -0.2) is 18.6 Å². The van der Waals surface area contributed by atoms with Crippen molar-refractivity contribution in [3.8, 4) is 11.5 Å². The predicted octanol–water partition coefficient (Wildman–Crippen LogP) is 3.34. The van der Waals surface area contributed by atoms with Crippen LogP contribution in [0, 0.1) is 0 Å². The predicted molar refractivity (Wildman–Crippen MR) is 83.7 cm³/mol. The van der Waals surface area contributed by atoms with Crippen LogP contribution in [0.3, 0.4) is 0 Å². The van der Waals surface area contributed by atoms with E-state index in [1.165, 1.54) is 0 Å². The molecule has 0 bridgehead atoms. The van der Waals surface area contributed by atoms with E-state index in [-0.39, 0.29) is 6.04 Å². The summed E-state index contributed by atoms with van der Waals surface area (Å²) in [5, 5.41) is 3.40. The van der Waals surface area contributed by atoms with Crippen LogP contribution in [-0.2, 0) is 6.61 Å². The Kier molecular flexibility index (Phi) is 5.58. The highest BCUT2D eigenvalue weighted by Gasteiger charge is 2.12. The maximum atomic E-state index is 5.95. The number of ether oxygens (including phenoxy) is 2.